The van der Waals surface area contributed by atoms with Crippen LogP contribution in [0.3, 0.4) is 0 Å². The van der Waals surface area contributed by atoms with Crippen molar-refractivity contribution in [3.63, 3.8) is 0 Å². The number of aromatic nitrogens is 1. The molecule has 0 saturated heterocycles. The Kier molecular flexibility index (Phi) is 4.08. The number of amides is 1. The lowest BCUT2D eigenvalue weighted by Gasteiger charge is -2.67. The number of aromatic hydroxyl groups is 1. The van der Waals surface area contributed by atoms with Crippen LogP contribution >= 0.6 is 11.8 Å². The van der Waals surface area contributed by atoms with Crippen molar-refractivity contribution >= 4 is 17.7 Å². The molecule has 8 heteroatoms. The van der Waals surface area contributed by atoms with Gasteiger partial charge in [-0.25, -0.2) is 4.39 Å². The van der Waals surface area contributed by atoms with Gasteiger partial charge in [-0.2, -0.15) is 0 Å². The van der Waals surface area contributed by atoms with E-state index in [9.17, 15) is 19.1 Å². The van der Waals surface area contributed by atoms with Crippen LogP contribution in [0.15, 0.2) is 64.4 Å². The molecule has 1 N–H and O–H groups in total. The fourth-order valence-electron chi connectivity index (χ4n) is 6.12. The third-order valence-electron chi connectivity index (χ3n) is 7.94. The molecule has 2 aliphatic heterocycles. The molecular weight excluding hydrogens is 453 g/mol. The van der Waals surface area contributed by atoms with E-state index in [0.29, 0.717) is 18.3 Å². The average molecular weight is 476 g/mol. The first-order valence-corrected chi connectivity index (χ1v) is 12.5. The molecule has 3 aromatic rings. The molecule has 172 valence electrons. The van der Waals surface area contributed by atoms with E-state index < -0.39 is 11.2 Å². The molecule has 3 saturated carbocycles. The Labute approximate surface area is 199 Å². The monoisotopic (exact) mass is 475 g/mol. The number of halogens is 1. The first kappa shape index (κ1) is 20.1. The smallest absolute Gasteiger partial charge is 0.278 e. The zero-order valence-corrected chi connectivity index (χ0v) is 19.1. The summed E-state index contributed by atoms with van der Waals surface area (Å²) in [6.07, 6.45) is 4.45. The Morgan fingerprint density at radius 1 is 1.03 bits per heavy atom. The third-order valence-corrected chi connectivity index (χ3v) is 9.08. The summed E-state index contributed by atoms with van der Waals surface area (Å²) in [5, 5.41) is 12.8. The maximum Gasteiger partial charge on any atom is 0.278 e. The van der Waals surface area contributed by atoms with E-state index in [1.807, 2.05) is 28.1 Å². The summed E-state index contributed by atoms with van der Waals surface area (Å²) >= 11 is 1.66. The fourth-order valence-corrected chi connectivity index (χ4v) is 7.20. The van der Waals surface area contributed by atoms with Gasteiger partial charge in [0.1, 0.15) is 12.5 Å². The molecular formula is C26H22FN3O3S. The third kappa shape index (κ3) is 2.63. The number of fused-ring (bicyclic) bond motifs is 3. The molecule has 6 nitrogen and oxygen atoms in total. The van der Waals surface area contributed by atoms with Gasteiger partial charge in [0.25, 0.3) is 5.91 Å². The van der Waals surface area contributed by atoms with Crippen molar-refractivity contribution in [2.45, 2.75) is 41.5 Å². The molecule has 2 bridgehead atoms. The molecule has 0 radical (unpaired) electrons. The van der Waals surface area contributed by atoms with Gasteiger partial charge >= 0.3 is 0 Å². The summed E-state index contributed by atoms with van der Waals surface area (Å²) in [5.74, 6) is 0.179. The number of pyridine rings is 1. The molecule has 1 atom stereocenters. The Hall–Kier alpha value is -3.26. The lowest BCUT2D eigenvalue weighted by atomic mass is 9.49. The summed E-state index contributed by atoms with van der Waals surface area (Å²) in [4.78, 5) is 28.9. The highest BCUT2D eigenvalue weighted by molar-refractivity contribution is 7.98. The minimum Gasteiger partial charge on any atom is -0.502 e. The van der Waals surface area contributed by atoms with Crippen molar-refractivity contribution in [2.24, 2.45) is 5.92 Å². The van der Waals surface area contributed by atoms with Crippen LogP contribution in [0.2, 0.25) is 0 Å². The second-order valence-electron chi connectivity index (χ2n) is 9.81. The van der Waals surface area contributed by atoms with Crippen LogP contribution in [0.1, 0.15) is 52.5 Å². The molecule has 1 amide bonds. The SMILES string of the molecule is O=C1c2c(O)c(=O)ccn2N([C@H]2c3ccc(F)cc3CSc3ccccc32)CN1C12CC(C1)C2. The molecule has 34 heavy (non-hydrogen) atoms. The molecule has 0 unspecified atom stereocenters. The topological polar surface area (TPSA) is 65.8 Å². The summed E-state index contributed by atoms with van der Waals surface area (Å²) < 4.78 is 15.9. The van der Waals surface area contributed by atoms with E-state index in [0.717, 1.165) is 40.8 Å². The van der Waals surface area contributed by atoms with Gasteiger partial charge < -0.3 is 10.0 Å². The molecule has 2 aromatic carbocycles. The number of thioether (sulfide) groups is 1. The zero-order valence-electron chi connectivity index (χ0n) is 18.3. The van der Waals surface area contributed by atoms with Gasteiger partial charge in [-0.1, -0.05) is 24.3 Å². The number of benzene rings is 2. The Morgan fingerprint density at radius 2 is 1.82 bits per heavy atom. The largest absolute Gasteiger partial charge is 0.502 e. The Morgan fingerprint density at radius 3 is 2.59 bits per heavy atom. The number of carbonyl (C=O) groups excluding carboxylic acids is 1. The standard InChI is InChI=1S/C26H22FN3O3S/c27-17-5-6-18-16(9-17)13-34-21-4-2-1-3-19(21)22(18)30-14-28(26-10-15(11-26)12-26)25(33)23-24(32)20(31)7-8-29(23)30/h1-9,15,22,32H,10-14H2/t15?,22-,26?/m0/s1. The lowest BCUT2D eigenvalue weighted by molar-refractivity contribution is -0.128. The molecule has 0 spiro atoms. The second-order valence-corrected chi connectivity index (χ2v) is 10.8. The van der Waals surface area contributed by atoms with Crippen LogP contribution in [0.5, 0.6) is 5.75 Å². The predicted octanol–water partition coefficient (Wildman–Crippen LogP) is 3.99. The second kappa shape index (κ2) is 6.88. The first-order valence-electron chi connectivity index (χ1n) is 11.5. The Bertz CT molecular complexity index is 1420. The maximum absolute atomic E-state index is 14.2. The van der Waals surface area contributed by atoms with Gasteiger partial charge in [-0.05, 0) is 60.1 Å². The zero-order chi connectivity index (χ0) is 23.2. The number of carbonyl (C=O) groups is 1. The van der Waals surface area contributed by atoms with E-state index in [1.165, 1.54) is 12.1 Å². The predicted molar refractivity (Wildman–Crippen MR) is 126 cm³/mol. The number of hydrogen-bond acceptors (Lipinski definition) is 5. The molecule has 3 heterocycles. The van der Waals surface area contributed by atoms with Crippen LogP contribution in [-0.4, -0.2) is 32.8 Å². The van der Waals surface area contributed by atoms with E-state index in [-0.39, 0.29) is 29.0 Å². The van der Waals surface area contributed by atoms with Crippen molar-refractivity contribution in [1.82, 2.24) is 9.58 Å². The van der Waals surface area contributed by atoms with Gasteiger partial charge in [-0.3, -0.25) is 19.3 Å². The number of rotatable bonds is 2. The summed E-state index contributed by atoms with van der Waals surface area (Å²) in [7, 11) is 0. The number of hydrogen-bond donors (Lipinski definition) is 1. The summed E-state index contributed by atoms with van der Waals surface area (Å²) in [6.45, 7) is 0.321. The van der Waals surface area contributed by atoms with Crippen molar-refractivity contribution < 1.29 is 14.3 Å². The minimum absolute atomic E-state index is 0.00141. The van der Waals surface area contributed by atoms with Crippen LogP contribution in [-0.2, 0) is 5.75 Å². The van der Waals surface area contributed by atoms with Crippen LogP contribution in [0, 0.1) is 11.7 Å². The minimum atomic E-state index is -0.571. The van der Waals surface area contributed by atoms with E-state index in [2.05, 4.69) is 12.1 Å². The van der Waals surface area contributed by atoms with Gasteiger partial charge in [0.05, 0.1) is 6.04 Å². The van der Waals surface area contributed by atoms with E-state index >= 15 is 0 Å². The fraction of sp³-hybridized carbons (Fsp3) is 0.308. The normalized spacial score (nSPS) is 26.6. The van der Waals surface area contributed by atoms with Crippen molar-refractivity contribution in [2.75, 3.05) is 11.7 Å². The lowest BCUT2D eigenvalue weighted by Crippen LogP contribution is -2.73. The van der Waals surface area contributed by atoms with E-state index in [4.69, 9.17) is 0 Å². The van der Waals surface area contributed by atoms with Crippen LogP contribution in [0.25, 0.3) is 0 Å². The van der Waals surface area contributed by atoms with Crippen LogP contribution < -0.4 is 10.4 Å². The quantitative estimate of drug-likeness (QED) is 0.607. The van der Waals surface area contributed by atoms with Gasteiger partial charge in [0, 0.05) is 28.5 Å². The van der Waals surface area contributed by atoms with Crippen molar-refractivity contribution in [3.05, 3.63) is 93.2 Å². The molecule has 3 fully saturated rings. The Balaban J connectivity index is 1.47. The molecule has 3 aliphatic carbocycles. The summed E-state index contributed by atoms with van der Waals surface area (Å²) in [6, 6.07) is 13.9. The van der Waals surface area contributed by atoms with Crippen molar-refractivity contribution in [3.8, 4) is 5.75 Å². The summed E-state index contributed by atoms with van der Waals surface area (Å²) in [5.41, 5.74) is 2.13. The highest BCUT2D eigenvalue weighted by Gasteiger charge is 2.62. The van der Waals surface area contributed by atoms with Crippen molar-refractivity contribution in [1.29, 1.82) is 0 Å². The van der Waals surface area contributed by atoms with Gasteiger partial charge in [0.15, 0.2) is 11.4 Å². The highest BCUT2D eigenvalue weighted by Crippen LogP contribution is 2.61. The molecule has 8 rings (SSSR count). The van der Waals surface area contributed by atoms with Crippen LogP contribution in [0.4, 0.5) is 4.39 Å². The van der Waals surface area contributed by atoms with Gasteiger partial charge in [0.2, 0.25) is 5.43 Å². The molecule has 1 aromatic heterocycles. The van der Waals surface area contributed by atoms with E-state index in [1.54, 1.807) is 28.7 Å². The highest BCUT2D eigenvalue weighted by atomic mass is 32.2. The molecule has 5 aliphatic rings. The maximum atomic E-state index is 14.2. The van der Waals surface area contributed by atoms with Gasteiger partial charge in [-0.15, -0.1) is 11.8 Å². The average Bonchev–Trinajstić information content (AvgIpc) is 2.92. The number of nitrogens with zero attached hydrogens (tertiary/aromatic N) is 3. The first-order chi connectivity index (χ1) is 16.4.